The van der Waals surface area contributed by atoms with E-state index in [0.29, 0.717) is 0 Å². The third kappa shape index (κ3) is 2.78. The van der Waals surface area contributed by atoms with E-state index in [-0.39, 0.29) is 17.6 Å². The molecule has 1 aromatic carbocycles. The van der Waals surface area contributed by atoms with Crippen LogP contribution in [0.3, 0.4) is 0 Å². The van der Waals surface area contributed by atoms with E-state index in [1.165, 1.54) is 5.56 Å². The highest BCUT2D eigenvalue weighted by molar-refractivity contribution is 6.81. The Kier molecular flexibility index (Phi) is 3.38. The van der Waals surface area contributed by atoms with Crippen molar-refractivity contribution in [1.82, 2.24) is 0 Å². The number of hydrogen-bond acceptors (Lipinski definition) is 2. The smallest absolute Gasteiger partial charge is 0.310 e. The maximum absolute atomic E-state index is 11.5. The lowest BCUT2D eigenvalue weighted by molar-refractivity contribution is -0.170. The minimum absolute atomic E-state index is 0.0298. The van der Waals surface area contributed by atoms with Crippen molar-refractivity contribution in [2.45, 2.75) is 44.1 Å². The molecule has 0 radical (unpaired) electrons. The summed E-state index contributed by atoms with van der Waals surface area (Å²) >= 11 is 0. The standard InChI is InChI=1S/C14H20O2Si/c1-17(2,3)13-12(16-14(13)15)10-9-11-7-5-4-6-8-11/h4-8,12-13H,9-10H2,1-3H3/t12-,13+/m1/s1. The topological polar surface area (TPSA) is 26.3 Å². The Labute approximate surface area is 104 Å². The Balaban J connectivity index is 1.91. The molecule has 2 nitrogen and oxygen atoms in total. The largest absolute Gasteiger partial charge is 0.462 e. The van der Waals surface area contributed by atoms with E-state index in [1.807, 2.05) is 6.07 Å². The van der Waals surface area contributed by atoms with Gasteiger partial charge < -0.3 is 4.74 Å². The highest BCUT2D eigenvalue weighted by Crippen LogP contribution is 2.39. The van der Waals surface area contributed by atoms with Crippen molar-refractivity contribution < 1.29 is 9.53 Å². The molecule has 1 aliphatic heterocycles. The van der Waals surface area contributed by atoms with Crippen molar-refractivity contribution in [3.8, 4) is 0 Å². The maximum atomic E-state index is 11.5. The molecular formula is C14H20O2Si. The summed E-state index contributed by atoms with van der Waals surface area (Å²) in [5.41, 5.74) is 1.52. The number of aryl methyl sites for hydroxylation is 1. The average Bonchev–Trinajstić information content (AvgIpc) is 2.22. The summed E-state index contributed by atoms with van der Waals surface area (Å²) in [4.78, 5) is 11.5. The summed E-state index contributed by atoms with van der Waals surface area (Å²) in [6.45, 7) is 6.73. The maximum Gasteiger partial charge on any atom is 0.310 e. The van der Waals surface area contributed by atoms with Gasteiger partial charge in [0.15, 0.2) is 0 Å². The molecule has 3 heteroatoms. The van der Waals surface area contributed by atoms with Crippen LogP contribution in [0.25, 0.3) is 0 Å². The zero-order chi connectivity index (χ0) is 12.5. The molecule has 1 aromatic rings. The molecule has 0 bridgehead atoms. The number of carbonyl (C=O) groups is 1. The lowest BCUT2D eigenvalue weighted by atomic mass is 10.0. The van der Waals surface area contributed by atoms with Crippen LogP contribution in [0.5, 0.6) is 0 Å². The number of cyclic esters (lactones) is 1. The summed E-state index contributed by atoms with van der Waals surface area (Å²) < 4.78 is 5.30. The predicted octanol–water partition coefficient (Wildman–Crippen LogP) is 3.25. The molecule has 17 heavy (non-hydrogen) atoms. The van der Waals surface area contributed by atoms with Crippen molar-refractivity contribution in [2.75, 3.05) is 0 Å². The lowest BCUT2D eigenvalue weighted by Gasteiger charge is -2.42. The van der Waals surface area contributed by atoms with Gasteiger partial charge in [0.1, 0.15) is 6.10 Å². The van der Waals surface area contributed by atoms with Crippen LogP contribution >= 0.6 is 0 Å². The van der Waals surface area contributed by atoms with Gasteiger partial charge in [0, 0.05) is 0 Å². The highest BCUT2D eigenvalue weighted by Gasteiger charge is 2.49. The van der Waals surface area contributed by atoms with Gasteiger partial charge >= 0.3 is 5.97 Å². The van der Waals surface area contributed by atoms with Crippen LogP contribution in [0, 0.1) is 0 Å². The van der Waals surface area contributed by atoms with Crippen molar-refractivity contribution in [2.24, 2.45) is 0 Å². The molecular weight excluding hydrogens is 228 g/mol. The highest BCUT2D eigenvalue weighted by atomic mass is 28.3. The van der Waals surface area contributed by atoms with Gasteiger partial charge in [-0.15, -0.1) is 0 Å². The molecule has 0 spiro atoms. The Morgan fingerprint density at radius 3 is 2.35 bits per heavy atom. The van der Waals surface area contributed by atoms with Crippen LogP contribution in [-0.2, 0) is 16.0 Å². The Morgan fingerprint density at radius 2 is 1.82 bits per heavy atom. The van der Waals surface area contributed by atoms with Crippen LogP contribution in [0.4, 0.5) is 0 Å². The number of carbonyl (C=O) groups excluding carboxylic acids is 1. The van der Waals surface area contributed by atoms with E-state index in [2.05, 4.69) is 43.9 Å². The van der Waals surface area contributed by atoms with Gasteiger partial charge in [-0.25, -0.2) is 0 Å². The van der Waals surface area contributed by atoms with Crippen LogP contribution in [0.15, 0.2) is 30.3 Å². The molecule has 0 N–H and O–H groups in total. The first-order valence-electron chi connectivity index (χ1n) is 6.23. The van der Waals surface area contributed by atoms with E-state index in [1.54, 1.807) is 0 Å². The second-order valence-electron chi connectivity index (χ2n) is 5.84. The molecule has 0 aromatic heterocycles. The van der Waals surface area contributed by atoms with Gasteiger partial charge in [0.25, 0.3) is 0 Å². The average molecular weight is 248 g/mol. The van der Waals surface area contributed by atoms with E-state index in [9.17, 15) is 4.79 Å². The Bertz CT molecular complexity index is 394. The SMILES string of the molecule is C[Si](C)(C)[C@@H]1C(=O)O[C@@H]1CCc1ccccc1. The minimum atomic E-state index is -1.41. The third-order valence-corrected chi connectivity index (χ3v) is 5.86. The number of hydrogen-bond donors (Lipinski definition) is 0. The summed E-state index contributed by atoms with van der Waals surface area (Å²) in [5.74, 6) is 0.0298. The fourth-order valence-corrected chi connectivity index (χ4v) is 4.59. The molecule has 0 saturated carbocycles. The summed E-state index contributed by atoms with van der Waals surface area (Å²) in [6.07, 6.45) is 2.12. The molecule has 0 amide bonds. The van der Waals surface area contributed by atoms with E-state index in [4.69, 9.17) is 4.74 Å². The number of rotatable bonds is 4. The molecule has 0 unspecified atom stereocenters. The Morgan fingerprint density at radius 1 is 1.18 bits per heavy atom. The van der Waals surface area contributed by atoms with Gasteiger partial charge in [-0.05, 0) is 18.4 Å². The van der Waals surface area contributed by atoms with Gasteiger partial charge in [-0.2, -0.15) is 0 Å². The van der Waals surface area contributed by atoms with Crippen LogP contribution in [0.2, 0.25) is 25.2 Å². The van der Waals surface area contributed by atoms with E-state index >= 15 is 0 Å². The molecule has 0 aliphatic carbocycles. The van der Waals surface area contributed by atoms with Gasteiger partial charge in [-0.3, -0.25) is 4.79 Å². The van der Waals surface area contributed by atoms with Crippen LogP contribution in [0.1, 0.15) is 12.0 Å². The van der Waals surface area contributed by atoms with Crippen LogP contribution < -0.4 is 0 Å². The van der Waals surface area contributed by atoms with Gasteiger partial charge in [0.2, 0.25) is 0 Å². The fourth-order valence-electron chi connectivity index (χ4n) is 2.46. The van der Waals surface area contributed by atoms with Crippen molar-refractivity contribution >= 4 is 14.0 Å². The lowest BCUT2D eigenvalue weighted by Crippen LogP contribution is -2.52. The molecule has 2 atom stereocenters. The van der Waals surface area contributed by atoms with E-state index < -0.39 is 8.07 Å². The number of benzene rings is 1. The second kappa shape index (κ2) is 4.65. The monoisotopic (exact) mass is 248 g/mol. The third-order valence-electron chi connectivity index (χ3n) is 3.39. The molecule has 1 saturated heterocycles. The van der Waals surface area contributed by atoms with Gasteiger partial charge in [-0.1, -0.05) is 50.0 Å². The fraction of sp³-hybridized carbons (Fsp3) is 0.500. The van der Waals surface area contributed by atoms with Gasteiger partial charge in [0.05, 0.1) is 13.6 Å². The summed E-state index contributed by atoms with van der Waals surface area (Å²) in [5, 5.41) is 0. The minimum Gasteiger partial charge on any atom is -0.462 e. The zero-order valence-electron chi connectivity index (χ0n) is 10.8. The quantitative estimate of drug-likeness (QED) is 0.604. The molecule has 1 fully saturated rings. The molecule has 1 heterocycles. The second-order valence-corrected chi connectivity index (χ2v) is 11.2. The predicted molar refractivity (Wildman–Crippen MR) is 71.7 cm³/mol. The summed E-state index contributed by atoms with van der Waals surface area (Å²) in [7, 11) is -1.41. The van der Waals surface area contributed by atoms with Crippen molar-refractivity contribution in [3.05, 3.63) is 35.9 Å². The number of ether oxygens (including phenoxy) is 1. The van der Waals surface area contributed by atoms with Crippen molar-refractivity contribution in [1.29, 1.82) is 0 Å². The first kappa shape index (κ1) is 12.4. The summed E-state index contributed by atoms with van der Waals surface area (Å²) in [6, 6.07) is 10.4. The molecule has 92 valence electrons. The first-order valence-corrected chi connectivity index (χ1v) is 9.80. The Hall–Kier alpha value is -1.09. The molecule has 2 rings (SSSR count). The van der Waals surface area contributed by atoms with Crippen LogP contribution in [-0.4, -0.2) is 20.1 Å². The molecule has 1 aliphatic rings. The van der Waals surface area contributed by atoms with Crippen molar-refractivity contribution in [3.63, 3.8) is 0 Å². The normalized spacial score (nSPS) is 24.1. The van der Waals surface area contributed by atoms with E-state index in [0.717, 1.165) is 12.8 Å². The number of esters is 1. The zero-order valence-corrected chi connectivity index (χ0v) is 11.8. The first-order chi connectivity index (χ1) is 7.98.